The van der Waals surface area contributed by atoms with Crippen molar-refractivity contribution in [1.82, 2.24) is 15.2 Å². The number of rotatable bonds is 2. The van der Waals surface area contributed by atoms with Gasteiger partial charge >= 0.3 is 0 Å². The normalized spacial score (nSPS) is 28.6. The first kappa shape index (κ1) is 11.7. The maximum absolute atomic E-state index is 6.09. The zero-order valence-electron chi connectivity index (χ0n) is 9.50. The summed E-state index contributed by atoms with van der Waals surface area (Å²) in [7, 11) is 0. The van der Waals surface area contributed by atoms with Crippen molar-refractivity contribution < 1.29 is 0 Å². The molecule has 2 unspecified atom stereocenters. The predicted molar refractivity (Wildman–Crippen MR) is 69.4 cm³/mol. The number of likely N-dealkylation sites (tertiary alicyclic amines) is 1. The number of aromatic nitrogens is 1. The number of nitrogens with zero attached hydrogens (tertiary/aromatic N) is 2. The Balaban J connectivity index is 1.67. The number of halogens is 2. The molecule has 0 aromatic carbocycles. The first-order valence-electron chi connectivity index (χ1n) is 5.96. The van der Waals surface area contributed by atoms with Gasteiger partial charge in [-0.2, -0.15) is 0 Å². The summed E-state index contributed by atoms with van der Waals surface area (Å²) in [5, 5.41) is 4.44. The average molecular weight is 272 g/mol. The van der Waals surface area contributed by atoms with E-state index in [9.17, 15) is 0 Å². The Kier molecular flexibility index (Phi) is 3.26. The lowest BCUT2D eigenvalue weighted by atomic mass is 10.0. The summed E-state index contributed by atoms with van der Waals surface area (Å²) in [6.07, 6.45) is 0. The van der Waals surface area contributed by atoms with Gasteiger partial charge in [0.15, 0.2) is 0 Å². The monoisotopic (exact) mass is 271 g/mol. The molecule has 1 N–H and O–H groups in total. The molecule has 3 rings (SSSR count). The van der Waals surface area contributed by atoms with E-state index in [0.29, 0.717) is 10.3 Å². The molecule has 0 spiro atoms. The van der Waals surface area contributed by atoms with Gasteiger partial charge in [0.05, 0.1) is 0 Å². The van der Waals surface area contributed by atoms with Gasteiger partial charge in [0.25, 0.3) is 0 Å². The average Bonchev–Trinajstić information content (AvgIpc) is 2.82. The Bertz CT molecular complexity index is 412. The maximum Gasteiger partial charge on any atom is 0.135 e. The number of hydrogen-bond donors (Lipinski definition) is 1. The van der Waals surface area contributed by atoms with Gasteiger partial charge in [0.1, 0.15) is 10.3 Å². The van der Waals surface area contributed by atoms with Crippen LogP contribution in [-0.2, 0) is 6.54 Å². The van der Waals surface area contributed by atoms with Crippen molar-refractivity contribution in [3.8, 4) is 0 Å². The molecule has 0 saturated carbocycles. The second-order valence-electron chi connectivity index (χ2n) is 4.96. The van der Waals surface area contributed by atoms with Crippen LogP contribution >= 0.6 is 23.2 Å². The van der Waals surface area contributed by atoms with Gasteiger partial charge in [-0.15, -0.1) is 0 Å². The first-order chi connectivity index (χ1) is 8.22. The van der Waals surface area contributed by atoms with Crippen LogP contribution in [0.5, 0.6) is 0 Å². The van der Waals surface area contributed by atoms with Crippen molar-refractivity contribution >= 4 is 23.2 Å². The first-order valence-corrected chi connectivity index (χ1v) is 6.72. The fraction of sp³-hybridized carbons (Fsp3) is 0.583. The third-order valence-electron chi connectivity index (χ3n) is 3.75. The van der Waals surface area contributed by atoms with Crippen LogP contribution in [0.25, 0.3) is 0 Å². The van der Waals surface area contributed by atoms with E-state index in [1.54, 1.807) is 6.07 Å². The molecule has 2 fully saturated rings. The zero-order valence-corrected chi connectivity index (χ0v) is 11.0. The highest BCUT2D eigenvalue weighted by atomic mass is 35.5. The zero-order chi connectivity index (χ0) is 11.8. The number of hydrogen-bond acceptors (Lipinski definition) is 3. The second kappa shape index (κ2) is 4.73. The molecule has 5 heteroatoms. The SMILES string of the molecule is Clc1ccc(CN2CC3CNCC3C2)c(Cl)n1. The van der Waals surface area contributed by atoms with Crippen molar-refractivity contribution in [2.75, 3.05) is 26.2 Å². The van der Waals surface area contributed by atoms with Crippen LogP contribution in [0.1, 0.15) is 5.56 Å². The lowest BCUT2D eigenvalue weighted by molar-refractivity contribution is 0.305. The van der Waals surface area contributed by atoms with Crippen LogP contribution in [0, 0.1) is 11.8 Å². The van der Waals surface area contributed by atoms with E-state index in [2.05, 4.69) is 15.2 Å². The fourth-order valence-electron chi connectivity index (χ4n) is 2.88. The second-order valence-corrected chi connectivity index (χ2v) is 5.70. The molecule has 1 aromatic rings. The van der Waals surface area contributed by atoms with Crippen molar-refractivity contribution in [3.63, 3.8) is 0 Å². The van der Waals surface area contributed by atoms with Crippen LogP contribution in [0.3, 0.4) is 0 Å². The largest absolute Gasteiger partial charge is 0.316 e. The van der Waals surface area contributed by atoms with Crippen LogP contribution in [0.15, 0.2) is 12.1 Å². The Morgan fingerprint density at radius 1 is 1.24 bits per heavy atom. The third kappa shape index (κ3) is 2.43. The minimum Gasteiger partial charge on any atom is -0.316 e. The van der Waals surface area contributed by atoms with Crippen molar-refractivity contribution in [2.45, 2.75) is 6.54 Å². The number of pyridine rings is 1. The van der Waals surface area contributed by atoms with Gasteiger partial charge in [0, 0.05) is 25.2 Å². The molecule has 17 heavy (non-hydrogen) atoms. The molecule has 3 nitrogen and oxygen atoms in total. The van der Waals surface area contributed by atoms with Crippen molar-refractivity contribution in [1.29, 1.82) is 0 Å². The topological polar surface area (TPSA) is 28.2 Å². The summed E-state index contributed by atoms with van der Waals surface area (Å²) in [4.78, 5) is 6.54. The Morgan fingerprint density at radius 3 is 2.59 bits per heavy atom. The molecule has 92 valence electrons. The van der Waals surface area contributed by atoms with Gasteiger partial charge in [-0.3, -0.25) is 4.90 Å². The lowest BCUT2D eigenvalue weighted by Gasteiger charge is -2.17. The molecular formula is C12H15Cl2N3. The Hall–Kier alpha value is -0.350. The highest BCUT2D eigenvalue weighted by Crippen LogP contribution is 2.28. The van der Waals surface area contributed by atoms with Gasteiger partial charge in [0.2, 0.25) is 0 Å². The van der Waals surface area contributed by atoms with E-state index < -0.39 is 0 Å². The van der Waals surface area contributed by atoms with E-state index in [1.807, 2.05) is 6.07 Å². The summed E-state index contributed by atoms with van der Waals surface area (Å²) >= 11 is 11.9. The molecule has 2 saturated heterocycles. The number of nitrogens with one attached hydrogen (secondary N) is 1. The summed E-state index contributed by atoms with van der Waals surface area (Å²) < 4.78 is 0. The van der Waals surface area contributed by atoms with Gasteiger partial charge in [-0.1, -0.05) is 29.3 Å². The summed E-state index contributed by atoms with van der Waals surface area (Å²) in [5.41, 5.74) is 1.07. The smallest absolute Gasteiger partial charge is 0.135 e. The molecule has 0 bridgehead atoms. The van der Waals surface area contributed by atoms with Crippen LogP contribution in [0.2, 0.25) is 10.3 Å². The minimum absolute atomic E-state index is 0.459. The van der Waals surface area contributed by atoms with Crippen LogP contribution in [-0.4, -0.2) is 36.1 Å². The molecule has 2 aliphatic rings. The van der Waals surface area contributed by atoms with Gasteiger partial charge in [-0.25, -0.2) is 4.98 Å². The highest BCUT2D eigenvalue weighted by Gasteiger charge is 2.35. The molecular weight excluding hydrogens is 257 g/mol. The van der Waals surface area contributed by atoms with Gasteiger partial charge < -0.3 is 5.32 Å². The van der Waals surface area contributed by atoms with E-state index in [4.69, 9.17) is 23.2 Å². The number of fused-ring (bicyclic) bond motifs is 1. The molecule has 0 aliphatic carbocycles. The van der Waals surface area contributed by atoms with E-state index in [0.717, 1.165) is 50.1 Å². The summed E-state index contributed by atoms with van der Waals surface area (Å²) in [6.45, 7) is 5.53. The summed E-state index contributed by atoms with van der Waals surface area (Å²) in [6, 6.07) is 3.78. The molecule has 3 heterocycles. The molecule has 2 aliphatic heterocycles. The fourth-order valence-corrected chi connectivity index (χ4v) is 3.29. The minimum atomic E-state index is 0.459. The quantitative estimate of drug-likeness (QED) is 0.835. The van der Waals surface area contributed by atoms with Crippen LogP contribution < -0.4 is 5.32 Å². The van der Waals surface area contributed by atoms with Gasteiger partial charge in [-0.05, 0) is 31.0 Å². The molecule has 2 atom stereocenters. The van der Waals surface area contributed by atoms with Crippen molar-refractivity contribution in [3.05, 3.63) is 28.0 Å². The molecule has 1 aromatic heterocycles. The highest BCUT2D eigenvalue weighted by molar-refractivity contribution is 6.32. The molecule has 0 radical (unpaired) electrons. The Morgan fingerprint density at radius 2 is 1.94 bits per heavy atom. The van der Waals surface area contributed by atoms with E-state index in [1.165, 1.54) is 0 Å². The third-order valence-corrected chi connectivity index (χ3v) is 4.29. The lowest BCUT2D eigenvalue weighted by Crippen LogP contribution is -2.25. The maximum atomic E-state index is 6.09. The van der Waals surface area contributed by atoms with E-state index in [-0.39, 0.29) is 0 Å². The van der Waals surface area contributed by atoms with E-state index >= 15 is 0 Å². The standard InChI is InChI=1S/C12H15Cl2N3/c13-11-2-1-8(12(14)16-11)5-17-6-9-3-15-4-10(9)7-17/h1-2,9-10,15H,3-7H2. The van der Waals surface area contributed by atoms with Crippen LogP contribution in [0.4, 0.5) is 0 Å². The predicted octanol–water partition coefficient (Wildman–Crippen LogP) is 2.04. The Labute approximate surface area is 111 Å². The summed E-state index contributed by atoms with van der Waals surface area (Å²) in [5.74, 6) is 1.63. The van der Waals surface area contributed by atoms with Crippen molar-refractivity contribution in [2.24, 2.45) is 11.8 Å². The molecule has 0 amide bonds.